The highest BCUT2D eigenvalue weighted by molar-refractivity contribution is 6.32. The number of piperidine rings is 1. The Labute approximate surface area is 292 Å². The van der Waals surface area contributed by atoms with Crippen molar-refractivity contribution in [1.29, 1.82) is 5.26 Å². The van der Waals surface area contributed by atoms with Gasteiger partial charge in [0, 0.05) is 31.3 Å². The van der Waals surface area contributed by atoms with Crippen LogP contribution < -0.4 is 14.2 Å². The summed E-state index contributed by atoms with van der Waals surface area (Å²) < 4.78 is 18.8. The second-order valence-electron chi connectivity index (χ2n) is 12.6. The van der Waals surface area contributed by atoms with E-state index in [-0.39, 0.29) is 24.4 Å². The molecule has 4 aromatic rings. The molecule has 0 bridgehead atoms. The molecule has 6 rings (SSSR count). The largest absolute Gasteiger partial charge is 0.493 e. The van der Waals surface area contributed by atoms with Crippen molar-refractivity contribution in [2.24, 2.45) is 0 Å². The van der Waals surface area contributed by atoms with Gasteiger partial charge in [-0.3, -0.25) is 4.79 Å². The second kappa shape index (κ2) is 15.6. The smallest absolute Gasteiger partial charge is 0.188 e. The van der Waals surface area contributed by atoms with E-state index in [2.05, 4.69) is 47.0 Å². The molecule has 8 nitrogen and oxygen atoms in total. The molecule has 1 N–H and O–H groups in total. The number of halogens is 1. The average Bonchev–Trinajstić information content (AvgIpc) is 3.54. The predicted octanol–water partition coefficient (Wildman–Crippen LogP) is 8.42. The number of aldehydes is 1. The van der Waals surface area contributed by atoms with Crippen LogP contribution in [0.15, 0.2) is 66.7 Å². The number of hydrogen-bond donors (Lipinski definition) is 1. The molecule has 2 aliphatic rings. The van der Waals surface area contributed by atoms with Gasteiger partial charge in [-0.25, -0.2) is 4.85 Å². The zero-order valence-corrected chi connectivity index (χ0v) is 28.2. The lowest BCUT2D eigenvalue weighted by Crippen LogP contribution is -2.36. The fourth-order valence-electron chi connectivity index (χ4n) is 6.73. The number of likely N-dealkylation sites (tertiary alicyclic amines) is 1. The fourth-order valence-corrected chi connectivity index (χ4v) is 6.94. The first kappa shape index (κ1) is 34.0. The van der Waals surface area contributed by atoms with Crippen molar-refractivity contribution in [2.45, 2.75) is 57.8 Å². The van der Waals surface area contributed by atoms with E-state index < -0.39 is 0 Å². The van der Waals surface area contributed by atoms with Crippen LogP contribution in [0.1, 0.15) is 70.0 Å². The monoisotopic (exact) mass is 675 g/mol. The lowest BCUT2D eigenvalue weighted by molar-refractivity contribution is 0.0800. The van der Waals surface area contributed by atoms with Gasteiger partial charge < -0.3 is 24.2 Å². The van der Waals surface area contributed by atoms with Gasteiger partial charge in [-0.1, -0.05) is 41.9 Å². The summed E-state index contributed by atoms with van der Waals surface area (Å²) >= 11 is 6.61. The molecule has 1 aliphatic carbocycles. The van der Waals surface area contributed by atoms with Crippen molar-refractivity contribution >= 4 is 23.6 Å². The zero-order chi connectivity index (χ0) is 34.3. The summed E-state index contributed by atoms with van der Waals surface area (Å²) in [6, 6.07) is 22.6. The average molecular weight is 676 g/mol. The lowest BCUT2D eigenvalue weighted by Gasteiger charge is -2.29. The van der Waals surface area contributed by atoms with Crippen molar-refractivity contribution in [3.63, 3.8) is 0 Å². The van der Waals surface area contributed by atoms with E-state index in [1.165, 1.54) is 17.7 Å². The summed E-state index contributed by atoms with van der Waals surface area (Å²) in [7, 11) is 0. The molecule has 1 heterocycles. The van der Waals surface area contributed by atoms with Gasteiger partial charge in [0.15, 0.2) is 12.0 Å². The lowest BCUT2D eigenvalue weighted by atomic mass is 9.93. The normalized spacial score (nSPS) is 16.0. The van der Waals surface area contributed by atoms with E-state index in [1.54, 1.807) is 18.2 Å². The van der Waals surface area contributed by atoms with Crippen molar-refractivity contribution in [3.05, 3.63) is 117 Å². The van der Waals surface area contributed by atoms with E-state index in [9.17, 15) is 15.2 Å². The Bertz CT molecular complexity index is 1890. The van der Waals surface area contributed by atoms with Crippen LogP contribution in [0.25, 0.3) is 16.0 Å². The first-order valence-electron chi connectivity index (χ1n) is 16.6. The quantitative estimate of drug-likeness (QED) is 0.0915. The summed E-state index contributed by atoms with van der Waals surface area (Å²) in [4.78, 5) is 17.7. The van der Waals surface area contributed by atoms with Crippen molar-refractivity contribution < 1.29 is 24.1 Å². The van der Waals surface area contributed by atoms with Gasteiger partial charge in [-0.2, -0.15) is 5.26 Å². The van der Waals surface area contributed by atoms with Crippen LogP contribution in [-0.2, 0) is 13.0 Å². The van der Waals surface area contributed by atoms with Crippen LogP contribution >= 0.6 is 11.6 Å². The summed E-state index contributed by atoms with van der Waals surface area (Å²) in [5.74, 6) is 1.59. The first-order valence-corrected chi connectivity index (χ1v) is 17.0. The van der Waals surface area contributed by atoms with Crippen LogP contribution in [0.2, 0.25) is 5.02 Å². The molecule has 1 atom stereocenters. The van der Waals surface area contributed by atoms with Crippen molar-refractivity contribution in [3.8, 4) is 34.4 Å². The maximum atomic E-state index is 11.9. The van der Waals surface area contributed by atoms with Gasteiger partial charge in [0.05, 0.1) is 35.9 Å². The Morgan fingerprint density at radius 1 is 1.02 bits per heavy atom. The third kappa shape index (κ3) is 7.90. The van der Waals surface area contributed by atoms with Crippen LogP contribution in [0.3, 0.4) is 0 Å². The highest BCUT2D eigenvalue weighted by atomic mass is 35.5. The first-order chi connectivity index (χ1) is 23.9. The topological polar surface area (TPSA) is 96.4 Å². The van der Waals surface area contributed by atoms with Gasteiger partial charge in [0.2, 0.25) is 0 Å². The molecule has 4 aromatic carbocycles. The fraction of sp³-hybridized carbons (Fsp3) is 0.325. The van der Waals surface area contributed by atoms with Gasteiger partial charge in [0.25, 0.3) is 0 Å². The Balaban J connectivity index is 1.16. The number of hydrogen-bond acceptors (Lipinski definition) is 7. The Hall–Kier alpha value is -4.86. The maximum absolute atomic E-state index is 11.9. The molecule has 9 heteroatoms. The molecule has 0 saturated carbocycles. The number of carbonyl (C=O) groups excluding carboxylic acids is 1. The summed E-state index contributed by atoms with van der Waals surface area (Å²) in [5.41, 5.74) is 7.32. The zero-order valence-electron chi connectivity index (χ0n) is 27.5. The van der Waals surface area contributed by atoms with E-state index in [0.717, 1.165) is 79.7 Å². The molecule has 1 aliphatic heterocycles. The Kier molecular flexibility index (Phi) is 10.8. The highest BCUT2D eigenvalue weighted by Gasteiger charge is 2.28. The molecule has 0 radical (unpaired) electrons. The highest BCUT2D eigenvalue weighted by Crippen LogP contribution is 2.44. The third-order valence-electron chi connectivity index (χ3n) is 9.31. The molecular weight excluding hydrogens is 638 g/mol. The third-order valence-corrected chi connectivity index (χ3v) is 9.61. The Morgan fingerprint density at radius 2 is 1.82 bits per heavy atom. The van der Waals surface area contributed by atoms with Gasteiger partial charge in [-0.15, -0.1) is 0 Å². The number of rotatable bonds is 12. The van der Waals surface area contributed by atoms with Gasteiger partial charge >= 0.3 is 0 Å². The molecular formula is C40H38ClN3O5. The molecule has 0 spiro atoms. The number of carbonyl (C=O) groups is 1. The predicted molar refractivity (Wildman–Crippen MR) is 189 cm³/mol. The molecule has 1 saturated heterocycles. The number of fused-ring (bicyclic) bond motifs is 1. The number of nitriles is 1. The molecule has 49 heavy (non-hydrogen) atoms. The molecule has 1 fully saturated rings. The molecule has 0 aromatic heterocycles. The number of nitrogens with zero attached hydrogens (tertiary/aromatic N) is 3. The second-order valence-corrected chi connectivity index (χ2v) is 13.0. The maximum Gasteiger partial charge on any atom is 0.188 e. The SMILES string of the molecule is [C-]#[N+]c1cc(C#N)cc(COc2cc(O[C@H]3CCc4c(-c5cccc(OCCCN6CCC(O)CC6)c5C)cccc43)c(Cl)cc2C=O)c1. The summed E-state index contributed by atoms with van der Waals surface area (Å²) in [5, 5.41) is 19.4. The van der Waals surface area contributed by atoms with E-state index in [4.69, 9.17) is 32.4 Å². The van der Waals surface area contributed by atoms with Crippen LogP contribution in [-0.4, -0.2) is 48.6 Å². The van der Waals surface area contributed by atoms with Gasteiger partial charge in [0.1, 0.15) is 30.0 Å². The summed E-state index contributed by atoms with van der Waals surface area (Å²) in [6.45, 7) is 13.0. The van der Waals surface area contributed by atoms with Crippen LogP contribution in [0.4, 0.5) is 5.69 Å². The van der Waals surface area contributed by atoms with E-state index in [0.29, 0.717) is 46.2 Å². The van der Waals surface area contributed by atoms with Gasteiger partial charge in [-0.05, 0) is 103 Å². The summed E-state index contributed by atoms with van der Waals surface area (Å²) in [6.07, 6.45) is 4.49. The van der Waals surface area contributed by atoms with Crippen molar-refractivity contribution in [2.75, 3.05) is 26.2 Å². The van der Waals surface area contributed by atoms with Crippen molar-refractivity contribution in [1.82, 2.24) is 4.90 Å². The molecule has 250 valence electrons. The number of ether oxygens (including phenoxy) is 3. The minimum atomic E-state index is -0.244. The van der Waals surface area contributed by atoms with E-state index in [1.807, 2.05) is 12.1 Å². The van der Waals surface area contributed by atoms with E-state index >= 15 is 0 Å². The minimum Gasteiger partial charge on any atom is -0.493 e. The molecule has 0 amide bonds. The number of aliphatic hydroxyl groups is 1. The van der Waals surface area contributed by atoms with Crippen LogP contribution in [0.5, 0.6) is 17.2 Å². The number of aliphatic hydroxyl groups excluding tert-OH is 1. The molecule has 0 unspecified atom stereocenters. The Morgan fingerprint density at radius 3 is 2.59 bits per heavy atom. The van der Waals surface area contributed by atoms with Crippen LogP contribution in [0, 0.1) is 24.8 Å². The number of benzene rings is 4. The standard InChI is InChI=1S/C40H38ClN3O5/c1-26-32(6-4-9-37(26)47-17-5-14-44-15-12-31(46)13-16-44)33-7-3-8-35-34(33)10-11-38(35)49-40-22-39(29(24-45)21-36(40)41)48-25-28-18-27(23-42)19-30(20-28)43-2/h3-4,6-9,18-22,24,31,38,46H,5,10-17,25H2,1H3/t38-/m0/s1. The minimum absolute atomic E-state index is 0.0567.